The van der Waals surface area contributed by atoms with Gasteiger partial charge in [-0.15, -0.1) is 0 Å². The van der Waals surface area contributed by atoms with E-state index in [2.05, 4.69) is 0 Å². The molecule has 3 aliphatic rings. The van der Waals surface area contributed by atoms with Gasteiger partial charge in [-0.25, -0.2) is 4.90 Å². The molecule has 0 spiro atoms. The lowest BCUT2D eigenvalue weighted by Gasteiger charge is -2.24. The molecule has 8 nitrogen and oxygen atoms in total. The maximum Gasteiger partial charge on any atom is 0.263 e. The first-order valence-corrected chi connectivity index (χ1v) is 12.9. The minimum Gasteiger partial charge on any atom is -0.493 e. The van der Waals surface area contributed by atoms with Crippen LogP contribution in [0.15, 0.2) is 60.7 Å². The Bertz CT molecular complexity index is 1460. The van der Waals surface area contributed by atoms with Gasteiger partial charge in [0.15, 0.2) is 17.7 Å². The van der Waals surface area contributed by atoms with E-state index in [0.717, 1.165) is 36.1 Å². The van der Waals surface area contributed by atoms with E-state index >= 15 is 0 Å². The Labute approximate surface area is 220 Å². The Hall–Kier alpha value is -4.17. The summed E-state index contributed by atoms with van der Waals surface area (Å²) >= 11 is 0. The van der Waals surface area contributed by atoms with Gasteiger partial charge in [0, 0.05) is 34.0 Å². The number of hydrogen-bond acceptors (Lipinski definition) is 6. The van der Waals surface area contributed by atoms with E-state index in [0.29, 0.717) is 33.9 Å². The summed E-state index contributed by atoms with van der Waals surface area (Å²) in [5, 5.41) is 10.7. The number of ether oxygens (including phenoxy) is 2. The van der Waals surface area contributed by atoms with Gasteiger partial charge in [-0.3, -0.25) is 14.4 Å². The summed E-state index contributed by atoms with van der Waals surface area (Å²) in [7, 11) is 1.59. The number of imide groups is 1. The molecule has 0 aromatic heterocycles. The molecule has 1 saturated carbocycles. The maximum atomic E-state index is 13.6. The smallest absolute Gasteiger partial charge is 0.263 e. The molecule has 2 atom stereocenters. The van der Waals surface area contributed by atoms with Gasteiger partial charge in [0.05, 0.1) is 19.3 Å². The van der Waals surface area contributed by atoms with E-state index < -0.39 is 18.0 Å². The number of aliphatic hydroxyl groups excluding tert-OH is 1. The van der Waals surface area contributed by atoms with Crippen LogP contribution in [-0.4, -0.2) is 40.9 Å². The number of carbonyl (C=O) groups is 3. The first-order chi connectivity index (χ1) is 18.4. The molecule has 3 amide bonds. The average Bonchev–Trinajstić information content (AvgIpc) is 3.60. The Morgan fingerprint density at radius 3 is 2.39 bits per heavy atom. The van der Waals surface area contributed by atoms with Crippen molar-refractivity contribution in [2.75, 3.05) is 12.0 Å². The molecule has 1 N–H and O–H groups in total. The minimum absolute atomic E-state index is 0.131. The third-order valence-electron chi connectivity index (χ3n) is 7.76. The standard InChI is InChI=1S/C30H28N2O6/c1-17-21-13-11-18(27(33)32-28(34)22-9-5-6-10-23(22)29(32)35)15-24(21)30(36)31(17)19-12-14-25(37-2)26(16-19)38-20-7-3-4-8-20/h5-6,9-17,20,28,34H,3-4,7-8H2,1-2H3. The molecule has 0 radical (unpaired) electrons. The van der Waals surface area contributed by atoms with Gasteiger partial charge < -0.3 is 19.5 Å². The van der Waals surface area contributed by atoms with Crippen LogP contribution in [0, 0.1) is 0 Å². The van der Waals surface area contributed by atoms with E-state index in [1.54, 1.807) is 54.5 Å². The lowest BCUT2D eigenvalue weighted by Crippen LogP contribution is -2.34. The number of benzene rings is 3. The van der Waals surface area contributed by atoms with Crippen molar-refractivity contribution in [2.45, 2.75) is 51.0 Å². The van der Waals surface area contributed by atoms with Crippen molar-refractivity contribution >= 4 is 23.4 Å². The van der Waals surface area contributed by atoms with Crippen LogP contribution in [0.3, 0.4) is 0 Å². The molecule has 2 aliphatic heterocycles. The van der Waals surface area contributed by atoms with Gasteiger partial charge in [-0.05, 0) is 68.5 Å². The highest BCUT2D eigenvalue weighted by molar-refractivity contribution is 6.15. The normalized spacial score (nSPS) is 20.6. The van der Waals surface area contributed by atoms with Crippen molar-refractivity contribution in [3.63, 3.8) is 0 Å². The topological polar surface area (TPSA) is 96.4 Å². The predicted octanol–water partition coefficient (Wildman–Crippen LogP) is 5.03. The number of carbonyl (C=O) groups excluding carboxylic acids is 3. The van der Waals surface area contributed by atoms with Crippen LogP contribution in [0.25, 0.3) is 0 Å². The second-order valence-corrected chi connectivity index (χ2v) is 9.95. The van der Waals surface area contributed by atoms with Crippen LogP contribution in [0.2, 0.25) is 0 Å². The summed E-state index contributed by atoms with van der Waals surface area (Å²) in [6, 6.07) is 16.6. The molecule has 2 heterocycles. The van der Waals surface area contributed by atoms with E-state index in [-0.39, 0.29) is 23.6 Å². The molecular weight excluding hydrogens is 484 g/mol. The van der Waals surface area contributed by atoms with Crippen molar-refractivity contribution in [3.05, 3.63) is 88.5 Å². The number of rotatable bonds is 5. The van der Waals surface area contributed by atoms with Crippen LogP contribution in [-0.2, 0) is 0 Å². The van der Waals surface area contributed by atoms with E-state index in [1.807, 2.05) is 19.1 Å². The highest BCUT2D eigenvalue weighted by Crippen LogP contribution is 2.42. The van der Waals surface area contributed by atoms with Gasteiger partial charge in [0.25, 0.3) is 17.7 Å². The maximum absolute atomic E-state index is 13.6. The predicted molar refractivity (Wildman–Crippen MR) is 139 cm³/mol. The molecule has 3 aromatic rings. The van der Waals surface area contributed by atoms with Crippen LogP contribution >= 0.6 is 0 Å². The highest BCUT2D eigenvalue weighted by Gasteiger charge is 2.41. The number of methoxy groups -OCH3 is 1. The number of amides is 3. The number of anilines is 1. The summed E-state index contributed by atoms with van der Waals surface area (Å²) < 4.78 is 11.7. The number of hydrogen-bond donors (Lipinski definition) is 1. The second kappa shape index (κ2) is 9.29. The fourth-order valence-corrected chi connectivity index (χ4v) is 5.76. The molecule has 0 bridgehead atoms. The van der Waals surface area contributed by atoms with Gasteiger partial charge in [-0.2, -0.15) is 0 Å². The van der Waals surface area contributed by atoms with Gasteiger partial charge in [-0.1, -0.05) is 24.3 Å². The zero-order valence-electron chi connectivity index (χ0n) is 21.2. The molecular formula is C30H28N2O6. The monoisotopic (exact) mass is 512 g/mol. The molecule has 38 heavy (non-hydrogen) atoms. The summed E-state index contributed by atoms with van der Waals surface area (Å²) in [6.07, 6.45) is 3.02. The van der Waals surface area contributed by atoms with Crippen molar-refractivity contribution in [2.24, 2.45) is 0 Å². The Balaban J connectivity index is 1.29. The molecule has 1 aliphatic carbocycles. The third kappa shape index (κ3) is 3.75. The lowest BCUT2D eigenvalue weighted by molar-refractivity contribution is 0.0176. The molecule has 6 rings (SSSR count). The fourth-order valence-electron chi connectivity index (χ4n) is 5.76. The Morgan fingerprint density at radius 1 is 0.895 bits per heavy atom. The third-order valence-corrected chi connectivity index (χ3v) is 7.76. The molecule has 194 valence electrons. The van der Waals surface area contributed by atoms with Crippen LogP contribution in [0.1, 0.15) is 87.1 Å². The molecule has 0 saturated heterocycles. The van der Waals surface area contributed by atoms with Crippen molar-refractivity contribution in [1.82, 2.24) is 4.90 Å². The SMILES string of the molecule is COc1ccc(N2C(=O)c3cc(C(=O)N4C(=O)c5ccccc5C4O)ccc3C2C)cc1OC1CCCC1. The van der Waals surface area contributed by atoms with E-state index in [9.17, 15) is 19.5 Å². The molecule has 1 fully saturated rings. The quantitative estimate of drug-likeness (QED) is 0.482. The zero-order chi connectivity index (χ0) is 26.6. The second-order valence-electron chi connectivity index (χ2n) is 9.95. The van der Waals surface area contributed by atoms with Crippen molar-refractivity contribution < 1.29 is 29.0 Å². The number of aliphatic hydroxyl groups is 1. The van der Waals surface area contributed by atoms with Gasteiger partial charge in [0.2, 0.25) is 0 Å². The van der Waals surface area contributed by atoms with Gasteiger partial charge in [0.1, 0.15) is 0 Å². The van der Waals surface area contributed by atoms with E-state index in [1.165, 1.54) is 6.07 Å². The zero-order valence-corrected chi connectivity index (χ0v) is 21.2. The minimum atomic E-state index is -1.37. The fraction of sp³-hybridized carbons (Fsp3) is 0.300. The number of nitrogens with zero attached hydrogens (tertiary/aromatic N) is 2. The Kier molecular flexibility index (Phi) is 5.91. The first-order valence-electron chi connectivity index (χ1n) is 12.9. The van der Waals surface area contributed by atoms with Crippen molar-refractivity contribution in [1.29, 1.82) is 0 Å². The van der Waals surface area contributed by atoms with E-state index in [4.69, 9.17) is 9.47 Å². The highest BCUT2D eigenvalue weighted by atomic mass is 16.5. The van der Waals surface area contributed by atoms with Crippen LogP contribution < -0.4 is 14.4 Å². The van der Waals surface area contributed by atoms with Gasteiger partial charge >= 0.3 is 0 Å². The summed E-state index contributed by atoms with van der Waals surface area (Å²) in [4.78, 5) is 42.4. The summed E-state index contributed by atoms with van der Waals surface area (Å²) in [5.74, 6) is -0.259. The Morgan fingerprint density at radius 2 is 1.66 bits per heavy atom. The van der Waals surface area contributed by atoms with Crippen LogP contribution in [0.5, 0.6) is 11.5 Å². The molecule has 2 unspecified atom stereocenters. The summed E-state index contributed by atoms with van der Waals surface area (Å²) in [6.45, 7) is 1.93. The summed E-state index contributed by atoms with van der Waals surface area (Å²) in [5.41, 5.74) is 2.67. The lowest BCUT2D eigenvalue weighted by atomic mass is 10.0. The largest absolute Gasteiger partial charge is 0.493 e. The van der Waals surface area contributed by atoms with Crippen LogP contribution in [0.4, 0.5) is 5.69 Å². The van der Waals surface area contributed by atoms with Crippen molar-refractivity contribution in [3.8, 4) is 11.5 Å². The molecule has 3 aromatic carbocycles. The average molecular weight is 513 g/mol. The first kappa shape index (κ1) is 24.2. The molecule has 8 heteroatoms. The number of fused-ring (bicyclic) bond motifs is 2.